The number of benzene rings is 1. The van der Waals surface area contributed by atoms with Gasteiger partial charge in [-0.25, -0.2) is 0 Å². The molecule has 0 aromatic heterocycles. The third-order valence-electron chi connectivity index (χ3n) is 4.38. The summed E-state index contributed by atoms with van der Waals surface area (Å²) in [6, 6.07) is 10.3. The Morgan fingerprint density at radius 1 is 1.25 bits per heavy atom. The number of nitrogens with one attached hydrogen (secondary N) is 1. The molecular weight excluding hydrogens is 248 g/mol. The Kier molecular flexibility index (Phi) is 5.60. The maximum absolute atomic E-state index is 11.9. The molecule has 0 radical (unpaired) electrons. The van der Waals surface area contributed by atoms with Crippen molar-refractivity contribution in [2.45, 2.75) is 45.1 Å². The largest absolute Gasteiger partial charge is 0.326 e. The predicted octanol–water partition coefficient (Wildman–Crippen LogP) is 3.53. The predicted molar refractivity (Wildman–Crippen MR) is 83.7 cm³/mol. The molecule has 1 aliphatic carbocycles. The van der Waals surface area contributed by atoms with Crippen LogP contribution in [0.5, 0.6) is 0 Å². The van der Waals surface area contributed by atoms with Gasteiger partial charge in [0.15, 0.2) is 0 Å². The molecule has 1 aromatic carbocycles. The van der Waals surface area contributed by atoms with Crippen LogP contribution in [0.2, 0.25) is 0 Å². The Morgan fingerprint density at radius 3 is 2.65 bits per heavy atom. The van der Waals surface area contributed by atoms with Gasteiger partial charge in [-0.2, -0.15) is 0 Å². The fraction of sp³-hybridized carbons (Fsp3) is 0.588. The van der Waals surface area contributed by atoms with E-state index in [-0.39, 0.29) is 5.91 Å². The minimum absolute atomic E-state index is 0.103. The van der Waals surface area contributed by atoms with Crippen molar-refractivity contribution in [2.75, 3.05) is 18.9 Å². The van der Waals surface area contributed by atoms with Crippen LogP contribution >= 0.6 is 0 Å². The van der Waals surface area contributed by atoms with Gasteiger partial charge in [0.25, 0.3) is 0 Å². The minimum Gasteiger partial charge on any atom is -0.326 e. The quantitative estimate of drug-likeness (QED) is 0.891. The third kappa shape index (κ3) is 4.34. The van der Waals surface area contributed by atoms with Gasteiger partial charge in [-0.15, -0.1) is 0 Å². The molecule has 0 bridgehead atoms. The monoisotopic (exact) mass is 274 g/mol. The van der Waals surface area contributed by atoms with Crippen molar-refractivity contribution in [3.8, 4) is 0 Å². The van der Waals surface area contributed by atoms with Gasteiger partial charge in [-0.1, -0.05) is 38.0 Å². The lowest BCUT2D eigenvalue weighted by atomic mass is 9.85. The third-order valence-corrected chi connectivity index (χ3v) is 4.38. The van der Waals surface area contributed by atoms with Crippen LogP contribution in [-0.2, 0) is 4.79 Å². The molecule has 3 heteroatoms. The van der Waals surface area contributed by atoms with E-state index >= 15 is 0 Å². The first kappa shape index (κ1) is 15.0. The Labute approximate surface area is 122 Å². The lowest BCUT2D eigenvalue weighted by Gasteiger charge is -2.36. The second-order valence-electron chi connectivity index (χ2n) is 5.97. The number of nitrogens with zero attached hydrogens (tertiary/aromatic N) is 1. The second-order valence-corrected chi connectivity index (χ2v) is 5.97. The zero-order chi connectivity index (χ0) is 14.4. The summed E-state index contributed by atoms with van der Waals surface area (Å²) in [5.74, 6) is 0.859. The van der Waals surface area contributed by atoms with Crippen molar-refractivity contribution in [3.05, 3.63) is 30.3 Å². The van der Waals surface area contributed by atoms with E-state index in [0.717, 1.165) is 18.2 Å². The smallest absolute Gasteiger partial charge is 0.225 e. The van der Waals surface area contributed by atoms with E-state index in [1.54, 1.807) is 0 Å². The van der Waals surface area contributed by atoms with Gasteiger partial charge in [-0.3, -0.25) is 4.79 Å². The number of rotatable bonds is 5. The van der Waals surface area contributed by atoms with E-state index in [1.165, 1.54) is 25.7 Å². The van der Waals surface area contributed by atoms with E-state index < -0.39 is 0 Å². The van der Waals surface area contributed by atoms with Gasteiger partial charge in [0.05, 0.1) is 0 Å². The molecule has 0 heterocycles. The van der Waals surface area contributed by atoms with Crippen molar-refractivity contribution >= 4 is 11.6 Å². The van der Waals surface area contributed by atoms with Crippen LogP contribution in [0, 0.1) is 5.92 Å². The van der Waals surface area contributed by atoms with Gasteiger partial charge < -0.3 is 10.2 Å². The van der Waals surface area contributed by atoms with Crippen molar-refractivity contribution in [3.63, 3.8) is 0 Å². The summed E-state index contributed by atoms with van der Waals surface area (Å²) >= 11 is 0. The molecule has 0 spiro atoms. The number of amides is 1. The molecule has 110 valence electrons. The summed E-state index contributed by atoms with van der Waals surface area (Å²) in [4.78, 5) is 14.3. The zero-order valence-corrected chi connectivity index (χ0v) is 12.6. The van der Waals surface area contributed by atoms with E-state index in [1.807, 2.05) is 30.3 Å². The molecule has 1 saturated carbocycles. The van der Waals surface area contributed by atoms with Gasteiger partial charge in [-0.05, 0) is 37.9 Å². The molecule has 2 atom stereocenters. The van der Waals surface area contributed by atoms with Crippen LogP contribution in [-0.4, -0.2) is 30.4 Å². The zero-order valence-electron chi connectivity index (χ0n) is 12.6. The highest BCUT2D eigenvalue weighted by Crippen LogP contribution is 2.27. The molecule has 0 aliphatic heterocycles. The maximum atomic E-state index is 11.9. The summed E-state index contributed by atoms with van der Waals surface area (Å²) < 4.78 is 0. The Hall–Kier alpha value is -1.35. The van der Waals surface area contributed by atoms with Crippen molar-refractivity contribution in [1.29, 1.82) is 0 Å². The Morgan fingerprint density at radius 2 is 1.95 bits per heavy atom. The van der Waals surface area contributed by atoms with E-state index in [0.29, 0.717) is 12.5 Å². The molecule has 2 rings (SSSR count). The molecule has 1 amide bonds. The highest BCUT2D eigenvalue weighted by molar-refractivity contribution is 5.90. The van der Waals surface area contributed by atoms with Crippen molar-refractivity contribution in [2.24, 2.45) is 5.92 Å². The maximum Gasteiger partial charge on any atom is 0.225 e. The average molecular weight is 274 g/mol. The van der Waals surface area contributed by atoms with Gasteiger partial charge >= 0.3 is 0 Å². The summed E-state index contributed by atoms with van der Waals surface area (Å²) in [6.45, 7) is 3.18. The average Bonchev–Trinajstić information content (AvgIpc) is 2.46. The number of hydrogen-bond acceptors (Lipinski definition) is 2. The van der Waals surface area contributed by atoms with Crippen LogP contribution in [0.1, 0.15) is 39.0 Å². The molecule has 0 saturated heterocycles. The Bertz CT molecular complexity index is 418. The van der Waals surface area contributed by atoms with E-state index in [2.05, 4.69) is 24.2 Å². The van der Waals surface area contributed by atoms with E-state index in [4.69, 9.17) is 0 Å². The molecule has 1 aliphatic rings. The van der Waals surface area contributed by atoms with Crippen LogP contribution < -0.4 is 5.32 Å². The second kappa shape index (κ2) is 7.44. The molecule has 1 N–H and O–H groups in total. The molecule has 3 nitrogen and oxygen atoms in total. The van der Waals surface area contributed by atoms with Crippen molar-refractivity contribution < 1.29 is 4.79 Å². The molecule has 20 heavy (non-hydrogen) atoms. The SMILES string of the molecule is C[C@@H]1CCCC[C@@H]1N(C)CCC(=O)Nc1ccccc1. The van der Waals surface area contributed by atoms with Gasteiger partial charge in [0.2, 0.25) is 5.91 Å². The number of carbonyl (C=O) groups excluding carboxylic acids is 1. The molecule has 1 fully saturated rings. The number of para-hydroxylation sites is 1. The lowest BCUT2D eigenvalue weighted by molar-refractivity contribution is -0.116. The highest BCUT2D eigenvalue weighted by atomic mass is 16.1. The number of anilines is 1. The molecule has 0 unspecified atom stereocenters. The first-order valence-corrected chi connectivity index (χ1v) is 7.72. The van der Waals surface area contributed by atoms with Gasteiger partial charge in [0, 0.05) is 24.7 Å². The summed E-state index contributed by atoms with van der Waals surface area (Å²) in [6.07, 6.45) is 5.85. The standard InChI is InChI=1S/C17H26N2O/c1-14-8-6-7-11-16(14)19(2)13-12-17(20)18-15-9-4-3-5-10-15/h3-5,9-10,14,16H,6-8,11-13H2,1-2H3,(H,18,20)/t14-,16+/m1/s1. The van der Waals surface area contributed by atoms with Crippen molar-refractivity contribution in [1.82, 2.24) is 4.90 Å². The topological polar surface area (TPSA) is 32.3 Å². The molecular formula is C17H26N2O. The van der Waals surface area contributed by atoms with Crippen LogP contribution in [0.25, 0.3) is 0 Å². The highest BCUT2D eigenvalue weighted by Gasteiger charge is 2.24. The van der Waals surface area contributed by atoms with Crippen LogP contribution in [0.4, 0.5) is 5.69 Å². The van der Waals surface area contributed by atoms with E-state index in [9.17, 15) is 4.79 Å². The number of hydrogen-bond donors (Lipinski definition) is 1. The molecule has 1 aromatic rings. The first-order chi connectivity index (χ1) is 9.66. The minimum atomic E-state index is 0.103. The van der Waals surface area contributed by atoms with Gasteiger partial charge in [0.1, 0.15) is 0 Å². The van der Waals surface area contributed by atoms with Crippen LogP contribution in [0.3, 0.4) is 0 Å². The fourth-order valence-corrected chi connectivity index (χ4v) is 3.14. The fourth-order valence-electron chi connectivity index (χ4n) is 3.14. The Balaban J connectivity index is 1.75. The summed E-state index contributed by atoms with van der Waals surface area (Å²) in [5.41, 5.74) is 0.881. The summed E-state index contributed by atoms with van der Waals surface area (Å²) in [7, 11) is 2.16. The summed E-state index contributed by atoms with van der Waals surface area (Å²) in [5, 5.41) is 2.95. The van der Waals surface area contributed by atoms with Crippen LogP contribution in [0.15, 0.2) is 30.3 Å². The normalized spacial score (nSPS) is 22.8. The number of carbonyl (C=O) groups is 1. The lowest BCUT2D eigenvalue weighted by Crippen LogP contribution is -2.40. The first-order valence-electron chi connectivity index (χ1n) is 7.72.